The van der Waals surface area contributed by atoms with Gasteiger partial charge in [0, 0.05) is 32.3 Å². The highest BCUT2D eigenvalue weighted by atomic mass is 16.5. The van der Waals surface area contributed by atoms with Gasteiger partial charge in [0.15, 0.2) is 0 Å². The Hall–Kier alpha value is -0.160. The van der Waals surface area contributed by atoms with E-state index in [0.717, 1.165) is 19.6 Å². The number of piperidine rings is 2. The van der Waals surface area contributed by atoms with Crippen LogP contribution in [-0.2, 0) is 4.74 Å². The molecular weight excluding hydrogens is 238 g/mol. The zero-order chi connectivity index (χ0) is 13.5. The molecule has 1 unspecified atom stereocenters. The third kappa shape index (κ3) is 5.38. The number of rotatable bonds is 6. The predicted octanol–water partition coefficient (Wildman–Crippen LogP) is 1.30. The second-order valence-electron chi connectivity index (χ2n) is 6.11. The van der Waals surface area contributed by atoms with E-state index >= 15 is 0 Å². The molecule has 19 heavy (non-hydrogen) atoms. The molecular formula is C15H31N3O. The van der Waals surface area contributed by atoms with Crippen LogP contribution < -0.4 is 5.73 Å². The maximum atomic E-state index is 5.95. The predicted molar refractivity (Wildman–Crippen MR) is 79.4 cm³/mol. The first-order chi connectivity index (χ1) is 9.28. The lowest BCUT2D eigenvalue weighted by Gasteiger charge is -2.35. The van der Waals surface area contributed by atoms with Gasteiger partial charge in [0.25, 0.3) is 0 Å². The molecule has 0 aromatic carbocycles. The van der Waals surface area contributed by atoms with Crippen molar-refractivity contribution in [3.05, 3.63) is 0 Å². The van der Waals surface area contributed by atoms with E-state index in [-0.39, 0.29) is 0 Å². The minimum absolute atomic E-state index is 0.443. The second-order valence-corrected chi connectivity index (χ2v) is 6.11. The van der Waals surface area contributed by atoms with Crippen molar-refractivity contribution in [2.75, 3.05) is 45.9 Å². The average Bonchev–Trinajstić information content (AvgIpc) is 2.45. The number of nitrogens with zero attached hydrogens (tertiary/aromatic N) is 2. The summed E-state index contributed by atoms with van der Waals surface area (Å²) in [5.74, 6) is 0. The minimum Gasteiger partial charge on any atom is -0.377 e. The summed E-state index contributed by atoms with van der Waals surface area (Å²) in [4.78, 5) is 5.15. The van der Waals surface area contributed by atoms with Gasteiger partial charge in [-0.15, -0.1) is 0 Å². The molecule has 4 nitrogen and oxygen atoms in total. The van der Waals surface area contributed by atoms with Crippen LogP contribution >= 0.6 is 0 Å². The highest BCUT2D eigenvalue weighted by Crippen LogP contribution is 2.14. The zero-order valence-corrected chi connectivity index (χ0v) is 12.5. The molecule has 0 aliphatic carbocycles. The van der Waals surface area contributed by atoms with E-state index in [9.17, 15) is 0 Å². The van der Waals surface area contributed by atoms with Crippen LogP contribution in [-0.4, -0.2) is 67.8 Å². The van der Waals surface area contributed by atoms with Gasteiger partial charge in [-0.05, 0) is 51.7 Å². The normalized spacial score (nSPS) is 27.8. The molecule has 0 aromatic heterocycles. The van der Waals surface area contributed by atoms with Crippen molar-refractivity contribution < 1.29 is 4.74 Å². The summed E-state index contributed by atoms with van der Waals surface area (Å²) >= 11 is 0. The van der Waals surface area contributed by atoms with Crippen LogP contribution in [0.5, 0.6) is 0 Å². The van der Waals surface area contributed by atoms with Gasteiger partial charge in [0.2, 0.25) is 0 Å². The molecule has 0 aromatic rings. The molecule has 0 radical (unpaired) electrons. The summed E-state index contributed by atoms with van der Waals surface area (Å²) in [5, 5.41) is 0. The first-order valence-corrected chi connectivity index (χ1v) is 8.10. The third-order valence-electron chi connectivity index (χ3n) is 4.38. The molecule has 0 amide bonds. The molecule has 0 spiro atoms. The number of ether oxygens (including phenoxy) is 1. The Morgan fingerprint density at radius 3 is 2.53 bits per heavy atom. The Balaban J connectivity index is 1.62. The SMILES string of the molecule is CCCOC1CCCN(CCN2CCC(N)CC2)C1. The Morgan fingerprint density at radius 1 is 1.05 bits per heavy atom. The largest absolute Gasteiger partial charge is 0.377 e. The van der Waals surface area contributed by atoms with Crippen molar-refractivity contribution in [1.82, 2.24) is 9.80 Å². The van der Waals surface area contributed by atoms with Gasteiger partial charge in [-0.3, -0.25) is 4.90 Å². The summed E-state index contributed by atoms with van der Waals surface area (Å²) in [6, 6.07) is 0.443. The molecule has 2 aliphatic rings. The number of nitrogens with two attached hydrogens (primary N) is 1. The van der Waals surface area contributed by atoms with E-state index in [1.54, 1.807) is 0 Å². The van der Waals surface area contributed by atoms with Gasteiger partial charge in [-0.25, -0.2) is 0 Å². The van der Waals surface area contributed by atoms with Crippen molar-refractivity contribution in [2.24, 2.45) is 5.73 Å². The van der Waals surface area contributed by atoms with Gasteiger partial charge < -0.3 is 15.4 Å². The molecule has 0 saturated carbocycles. The van der Waals surface area contributed by atoms with Crippen LogP contribution in [0, 0.1) is 0 Å². The molecule has 4 heteroatoms. The Kier molecular flexibility index (Phi) is 6.57. The standard InChI is InChI=1S/C15H31N3O/c1-2-12-19-15-4-3-7-18(13-15)11-10-17-8-5-14(16)6-9-17/h14-15H,2-13,16H2,1H3. The maximum Gasteiger partial charge on any atom is 0.0702 e. The first kappa shape index (κ1) is 15.2. The number of hydrogen-bond acceptors (Lipinski definition) is 4. The van der Waals surface area contributed by atoms with E-state index in [2.05, 4.69) is 16.7 Å². The van der Waals surface area contributed by atoms with Gasteiger partial charge in [-0.2, -0.15) is 0 Å². The van der Waals surface area contributed by atoms with E-state index in [1.165, 1.54) is 58.4 Å². The highest BCUT2D eigenvalue weighted by molar-refractivity contribution is 4.77. The van der Waals surface area contributed by atoms with E-state index < -0.39 is 0 Å². The molecule has 112 valence electrons. The lowest BCUT2D eigenvalue weighted by Crippen LogP contribution is -2.46. The third-order valence-corrected chi connectivity index (χ3v) is 4.38. The molecule has 2 aliphatic heterocycles. The van der Waals surface area contributed by atoms with Gasteiger partial charge in [0.1, 0.15) is 0 Å². The van der Waals surface area contributed by atoms with Gasteiger partial charge in [-0.1, -0.05) is 6.92 Å². The fraction of sp³-hybridized carbons (Fsp3) is 1.00. The van der Waals surface area contributed by atoms with Crippen molar-refractivity contribution in [1.29, 1.82) is 0 Å². The summed E-state index contributed by atoms with van der Waals surface area (Å²) in [5.41, 5.74) is 5.95. The summed E-state index contributed by atoms with van der Waals surface area (Å²) in [7, 11) is 0. The van der Waals surface area contributed by atoms with Gasteiger partial charge in [0.05, 0.1) is 6.10 Å². The van der Waals surface area contributed by atoms with E-state index in [0.29, 0.717) is 12.1 Å². The molecule has 0 bridgehead atoms. The van der Waals surface area contributed by atoms with Crippen LogP contribution in [0.2, 0.25) is 0 Å². The fourth-order valence-electron chi connectivity index (χ4n) is 3.10. The van der Waals surface area contributed by atoms with E-state index in [1.807, 2.05) is 0 Å². The second kappa shape index (κ2) is 8.20. The molecule has 2 saturated heterocycles. The molecule has 2 N–H and O–H groups in total. The van der Waals surface area contributed by atoms with Crippen molar-refractivity contribution in [3.8, 4) is 0 Å². The van der Waals surface area contributed by atoms with Crippen LogP contribution in [0.3, 0.4) is 0 Å². The van der Waals surface area contributed by atoms with Gasteiger partial charge >= 0.3 is 0 Å². The van der Waals surface area contributed by atoms with Crippen LogP contribution in [0.25, 0.3) is 0 Å². The monoisotopic (exact) mass is 269 g/mol. The topological polar surface area (TPSA) is 41.7 Å². The lowest BCUT2D eigenvalue weighted by atomic mass is 10.1. The molecule has 2 fully saturated rings. The van der Waals surface area contributed by atoms with Crippen LogP contribution in [0.15, 0.2) is 0 Å². The van der Waals surface area contributed by atoms with Crippen LogP contribution in [0.4, 0.5) is 0 Å². The van der Waals surface area contributed by atoms with Crippen LogP contribution in [0.1, 0.15) is 39.0 Å². The molecule has 2 heterocycles. The maximum absolute atomic E-state index is 5.95. The smallest absolute Gasteiger partial charge is 0.0702 e. The Morgan fingerprint density at radius 2 is 1.79 bits per heavy atom. The van der Waals surface area contributed by atoms with Crippen molar-refractivity contribution >= 4 is 0 Å². The molecule has 1 atom stereocenters. The quantitative estimate of drug-likeness (QED) is 0.789. The molecule has 2 rings (SSSR count). The lowest BCUT2D eigenvalue weighted by molar-refractivity contribution is -0.00254. The first-order valence-electron chi connectivity index (χ1n) is 8.10. The Bertz CT molecular complexity index is 242. The number of likely N-dealkylation sites (tertiary alicyclic amines) is 2. The van der Waals surface area contributed by atoms with E-state index in [4.69, 9.17) is 10.5 Å². The zero-order valence-electron chi connectivity index (χ0n) is 12.5. The summed E-state index contributed by atoms with van der Waals surface area (Å²) in [6.45, 7) is 10.3. The fourth-order valence-corrected chi connectivity index (χ4v) is 3.10. The average molecular weight is 269 g/mol. The number of hydrogen-bond donors (Lipinski definition) is 1. The van der Waals surface area contributed by atoms with Crippen molar-refractivity contribution in [3.63, 3.8) is 0 Å². The Labute approximate surface area is 118 Å². The highest BCUT2D eigenvalue weighted by Gasteiger charge is 2.21. The van der Waals surface area contributed by atoms with Crippen molar-refractivity contribution in [2.45, 2.75) is 51.2 Å². The minimum atomic E-state index is 0.443. The summed E-state index contributed by atoms with van der Waals surface area (Å²) < 4.78 is 5.90. The summed E-state index contributed by atoms with van der Waals surface area (Å²) in [6.07, 6.45) is 6.48.